The fraction of sp³-hybridized carbons (Fsp3) is 0.250. The lowest BCUT2D eigenvalue weighted by molar-refractivity contribution is -0.387. The molecule has 13 heavy (non-hydrogen) atoms. The lowest BCUT2D eigenvalue weighted by atomic mass is 10.3. The van der Waals surface area contributed by atoms with Crippen molar-refractivity contribution in [3.63, 3.8) is 0 Å². The van der Waals surface area contributed by atoms with Crippen molar-refractivity contribution in [2.24, 2.45) is 0 Å². The summed E-state index contributed by atoms with van der Waals surface area (Å²) in [5, 5.41) is 10.3. The summed E-state index contributed by atoms with van der Waals surface area (Å²) in [6.45, 7) is 1.95. The van der Waals surface area contributed by atoms with Crippen molar-refractivity contribution in [1.82, 2.24) is 0 Å². The molecule has 0 radical (unpaired) electrons. The Labute approximate surface area is 74.1 Å². The Morgan fingerprint density at radius 3 is 2.85 bits per heavy atom. The van der Waals surface area contributed by atoms with Crippen molar-refractivity contribution in [2.75, 3.05) is 6.61 Å². The number of ether oxygens (including phenoxy) is 1. The van der Waals surface area contributed by atoms with Crippen molar-refractivity contribution < 1.29 is 14.1 Å². The number of nitro benzene ring substituents is 1. The highest BCUT2D eigenvalue weighted by molar-refractivity contribution is 5.40. The minimum atomic E-state index is -0.922. The average molecular weight is 185 g/mol. The minimum Gasteiger partial charge on any atom is -0.491 e. The number of hydrogen-bond donors (Lipinski definition) is 0. The SMILES string of the molecule is CCOc1cccc([N+](=O)[O-])c1F. The summed E-state index contributed by atoms with van der Waals surface area (Å²) in [5.74, 6) is -1.01. The van der Waals surface area contributed by atoms with Crippen LogP contribution < -0.4 is 4.74 Å². The van der Waals surface area contributed by atoms with E-state index in [0.717, 1.165) is 6.07 Å². The van der Waals surface area contributed by atoms with Gasteiger partial charge in [-0.1, -0.05) is 6.07 Å². The van der Waals surface area contributed by atoms with Crippen molar-refractivity contribution in [1.29, 1.82) is 0 Å². The molecule has 0 amide bonds. The quantitative estimate of drug-likeness (QED) is 0.535. The Bertz CT molecular complexity index is 327. The van der Waals surface area contributed by atoms with Crippen LogP contribution in [0.25, 0.3) is 0 Å². The smallest absolute Gasteiger partial charge is 0.308 e. The van der Waals surface area contributed by atoms with E-state index in [-0.39, 0.29) is 12.4 Å². The Morgan fingerprint density at radius 2 is 2.31 bits per heavy atom. The normalized spacial score (nSPS) is 9.69. The van der Waals surface area contributed by atoms with Gasteiger partial charge in [-0.2, -0.15) is 4.39 Å². The Morgan fingerprint density at radius 1 is 1.62 bits per heavy atom. The second kappa shape index (κ2) is 3.84. The Kier molecular flexibility index (Phi) is 2.79. The summed E-state index contributed by atoms with van der Waals surface area (Å²) < 4.78 is 18.0. The zero-order valence-corrected chi connectivity index (χ0v) is 6.99. The first-order chi connectivity index (χ1) is 6.16. The monoisotopic (exact) mass is 185 g/mol. The number of rotatable bonds is 3. The van der Waals surface area contributed by atoms with Gasteiger partial charge in [-0.3, -0.25) is 10.1 Å². The Hall–Kier alpha value is -1.65. The predicted molar refractivity (Wildman–Crippen MR) is 44.2 cm³/mol. The van der Waals surface area contributed by atoms with E-state index in [0.29, 0.717) is 0 Å². The maximum absolute atomic E-state index is 13.1. The third-order valence-electron chi connectivity index (χ3n) is 1.44. The molecule has 0 unspecified atom stereocenters. The molecule has 0 atom stereocenters. The first-order valence-electron chi connectivity index (χ1n) is 3.72. The van der Waals surface area contributed by atoms with Gasteiger partial charge < -0.3 is 4.74 Å². The third-order valence-corrected chi connectivity index (χ3v) is 1.44. The van der Waals surface area contributed by atoms with E-state index < -0.39 is 16.4 Å². The van der Waals surface area contributed by atoms with Crippen LogP contribution >= 0.6 is 0 Å². The van der Waals surface area contributed by atoms with E-state index in [9.17, 15) is 14.5 Å². The van der Waals surface area contributed by atoms with Crippen LogP contribution in [0.15, 0.2) is 18.2 Å². The molecular weight excluding hydrogens is 177 g/mol. The molecule has 0 N–H and O–H groups in total. The van der Waals surface area contributed by atoms with Crippen LogP contribution in [0, 0.1) is 15.9 Å². The number of nitro groups is 1. The lowest BCUT2D eigenvalue weighted by Gasteiger charge is -2.03. The highest BCUT2D eigenvalue weighted by Gasteiger charge is 2.17. The van der Waals surface area contributed by atoms with Crippen molar-refractivity contribution in [3.8, 4) is 5.75 Å². The molecule has 0 heterocycles. The van der Waals surface area contributed by atoms with Crippen LogP contribution in [0.3, 0.4) is 0 Å². The summed E-state index contributed by atoms with van der Waals surface area (Å²) in [6.07, 6.45) is 0. The molecule has 1 aromatic rings. The van der Waals surface area contributed by atoms with Crippen LogP contribution in [-0.4, -0.2) is 11.5 Å². The fourth-order valence-corrected chi connectivity index (χ4v) is 0.907. The van der Waals surface area contributed by atoms with E-state index in [4.69, 9.17) is 4.74 Å². The largest absolute Gasteiger partial charge is 0.491 e. The molecule has 0 bridgehead atoms. The topological polar surface area (TPSA) is 52.4 Å². The molecule has 70 valence electrons. The second-order valence-electron chi connectivity index (χ2n) is 2.28. The molecule has 1 rings (SSSR count). The van der Waals surface area contributed by atoms with Gasteiger partial charge in [-0.05, 0) is 13.0 Å². The summed E-state index contributed by atoms with van der Waals surface area (Å²) in [4.78, 5) is 9.51. The number of halogens is 1. The van der Waals surface area contributed by atoms with Gasteiger partial charge in [0.15, 0.2) is 5.75 Å². The summed E-state index contributed by atoms with van der Waals surface area (Å²) in [6, 6.07) is 3.83. The lowest BCUT2D eigenvalue weighted by Crippen LogP contribution is -1.98. The van der Waals surface area contributed by atoms with E-state index >= 15 is 0 Å². The van der Waals surface area contributed by atoms with Gasteiger partial charge >= 0.3 is 5.69 Å². The van der Waals surface area contributed by atoms with Gasteiger partial charge in [0.05, 0.1) is 11.5 Å². The first-order valence-corrected chi connectivity index (χ1v) is 3.72. The molecule has 4 nitrogen and oxygen atoms in total. The van der Waals surface area contributed by atoms with Gasteiger partial charge in [0.25, 0.3) is 0 Å². The van der Waals surface area contributed by atoms with E-state index in [1.807, 2.05) is 0 Å². The van der Waals surface area contributed by atoms with Gasteiger partial charge in [-0.25, -0.2) is 0 Å². The van der Waals surface area contributed by atoms with Crippen LogP contribution in [0.4, 0.5) is 10.1 Å². The summed E-state index contributed by atoms with van der Waals surface area (Å²) >= 11 is 0. The molecule has 0 saturated carbocycles. The maximum atomic E-state index is 13.1. The van der Waals surface area contributed by atoms with Crippen LogP contribution in [0.5, 0.6) is 5.75 Å². The minimum absolute atomic E-state index is 0.0864. The van der Waals surface area contributed by atoms with Crippen LogP contribution in [-0.2, 0) is 0 Å². The van der Waals surface area contributed by atoms with Crippen LogP contribution in [0.2, 0.25) is 0 Å². The fourth-order valence-electron chi connectivity index (χ4n) is 0.907. The van der Waals surface area contributed by atoms with Crippen LogP contribution in [0.1, 0.15) is 6.92 Å². The molecular formula is C8H8FNO3. The van der Waals surface area contributed by atoms with Crippen molar-refractivity contribution in [3.05, 3.63) is 34.1 Å². The number of nitrogens with zero attached hydrogens (tertiary/aromatic N) is 1. The summed E-state index contributed by atoms with van der Waals surface area (Å²) in [7, 11) is 0. The zero-order chi connectivity index (χ0) is 9.84. The predicted octanol–water partition coefficient (Wildman–Crippen LogP) is 2.13. The first kappa shape index (κ1) is 9.44. The van der Waals surface area contributed by atoms with Gasteiger partial charge in [0.1, 0.15) is 0 Å². The van der Waals surface area contributed by atoms with Gasteiger partial charge in [0.2, 0.25) is 5.82 Å². The molecule has 0 aliphatic carbocycles. The van der Waals surface area contributed by atoms with Gasteiger partial charge in [0, 0.05) is 6.07 Å². The second-order valence-corrected chi connectivity index (χ2v) is 2.28. The molecule has 5 heteroatoms. The molecule has 0 fully saturated rings. The maximum Gasteiger partial charge on any atom is 0.308 e. The van der Waals surface area contributed by atoms with E-state index in [2.05, 4.69) is 0 Å². The number of hydrogen-bond acceptors (Lipinski definition) is 3. The van der Waals surface area contributed by atoms with E-state index in [1.54, 1.807) is 6.92 Å². The molecule has 0 aliphatic rings. The standard InChI is InChI=1S/C8H8FNO3/c1-2-13-7-5-3-4-6(8(7)9)10(11)12/h3-5H,2H2,1H3. The highest BCUT2D eigenvalue weighted by atomic mass is 19.1. The molecule has 0 aliphatic heterocycles. The Balaban J connectivity index is 3.10. The van der Waals surface area contributed by atoms with E-state index in [1.165, 1.54) is 12.1 Å². The molecule has 0 spiro atoms. The zero-order valence-electron chi connectivity index (χ0n) is 6.99. The molecule has 0 saturated heterocycles. The average Bonchev–Trinajstić information content (AvgIpc) is 2.08. The number of benzene rings is 1. The van der Waals surface area contributed by atoms with Gasteiger partial charge in [-0.15, -0.1) is 0 Å². The van der Waals surface area contributed by atoms with Crippen molar-refractivity contribution in [2.45, 2.75) is 6.92 Å². The van der Waals surface area contributed by atoms with Crippen molar-refractivity contribution >= 4 is 5.69 Å². The molecule has 0 aromatic heterocycles. The third kappa shape index (κ3) is 1.93. The summed E-state index contributed by atoms with van der Waals surface area (Å²) in [5.41, 5.74) is -0.564. The molecule has 1 aromatic carbocycles. The highest BCUT2D eigenvalue weighted by Crippen LogP contribution is 2.25.